The lowest BCUT2D eigenvalue weighted by Crippen LogP contribution is -2.64. The molecule has 6 nitrogen and oxygen atoms in total. The van der Waals surface area contributed by atoms with E-state index in [9.17, 15) is 9.59 Å². The first-order valence-corrected chi connectivity index (χ1v) is 13.4. The molecule has 5 aliphatic rings. The number of ether oxygens (including phenoxy) is 1. The maximum absolute atomic E-state index is 12.8. The molecule has 5 fully saturated rings. The summed E-state index contributed by atoms with van der Waals surface area (Å²) in [6.45, 7) is 8.62. The van der Waals surface area contributed by atoms with Gasteiger partial charge < -0.3 is 10.1 Å². The van der Waals surface area contributed by atoms with Gasteiger partial charge in [-0.05, 0) is 75.7 Å². The molecule has 0 aromatic carbocycles. The predicted octanol–water partition coefficient (Wildman–Crippen LogP) is 4.01. The molecule has 1 aliphatic heterocycles. The highest BCUT2D eigenvalue weighted by molar-refractivity contribution is 7.16. The molecule has 1 aromatic heterocycles. The highest BCUT2D eigenvalue weighted by atomic mass is 32.1. The van der Waals surface area contributed by atoms with E-state index in [-0.39, 0.29) is 11.9 Å². The van der Waals surface area contributed by atoms with E-state index in [1.54, 1.807) is 6.92 Å². The number of nitrogens with zero attached hydrogens (tertiary/aromatic N) is 2. The highest BCUT2D eigenvalue weighted by Gasteiger charge is 2.53. The molecule has 1 amide bonds. The molecule has 7 heteroatoms. The van der Waals surface area contributed by atoms with Crippen molar-refractivity contribution in [2.75, 3.05) is 44.6 Å². The second-order valence-electron chi connectivity index (χ2n) is 10.5. The van der Waals surface area contributed by atoms with E-state index in [1.807, 2.05) is 6.07 Å². The maximum Gasteiger partial charge on any atom is 0.341 e. The Morgan fingerprint density at radius 1 is 1.06 bits per heavy atom. The van der Waals surface area contributed by atoms with Gasteiger partial charge in [-0.15, -0.1) is 11.3 Å². The van der Waals surface area contributed by atoms with Crippen LogP contribution in [-0.2, 0) is 16.0 Å². The molecular formula is C25H37N3O3S. The number of nitrogens with one attached hydrogen (secondary N) is 1. The number of hydrogen-bond donors (Lipinski definition) is 1. The Labute approximate surface area is 195 Å². The summed E-state index contributed by atoms with van der Waals surface area (Å²) in [5, 5.41) is 3.62. The Morgan fingerprint density at radius 2 is 1.69 bits per heavy atom. The third-order valence-corrected chi connectivity index (χ3v) is 9.49. The summed E-state index contributed by atoms with van der Waals surface area (Å²) in [6, 6.07) is 1.85. The minimum absolute atomic E-state index is 0.0386. The van der Waals surface area contributed by atoms with Gasteiger partial charge in [-0.3, -0.25) is 14.6 Å². The Hall–Kier alpha value is -1.44. The van der Waals surface area contributed by atoms with Crippen LogP contribution in [0.5, 0.6) is 0 Å². The SMILES string of the molecule is CCOC(=O)c1cc(CC)sc1NC(=O)CN1CCN(C23CC4CC(CC(C4)C2)C3)CC1. The second-order valence-corrected chi connectivity index (χ2v) is 11.6. The number of hydrogen-bond acceptors (Lipinski definition) is 6. The van der Waals surface area contributed by atoms with Crippen LogP contribution in [0.3, 0.4) is 0 Å². The van der Waals surface area contributed by atoms with Crippen LogP contribution in [-0.4, -0.2) is 66.5 Å². The molecule has 1 N–H and O–H groups in total. The van der Waals surface area contributed by atoms with E-state index in [0.717, 1.165) is 55.2 Å². The first-order chi connectivity index (χ1) is 15.5. The number of amides is 1. The van der Waals surface area contributed by atoms with Crippen LogP contribution < -0.4 is 5.32 Å². The zero-order chi connectivity index (χ0) is 22.3. The van der Waals surface area contributed by atoms with Crippen molar-refractivity contribution in [1.29, 1.82) is 0 Å². The van der Waals surface area contributed by atoms with Crippen molar-refractivity contribution < 1.29 is 14.3 Å². The van der Waals surface area contributed by atoms with Crippen molar-refractivity contribution in [3.63, 3.8) is 0 Å². The Balaban J connectivity index is 1.16. The van der Waals surface area contributed by atoms with Crippen molar-refractivity contribution in [3.8, 4) is 0 Å². The van der Waals surface area contributed by atoms with Gasteiger partial charge >= 0.3 is 5.97 Å². The minimum atomic E-state index is -0.358. The van der Waals surface area contributed by atoms with E-state index in [2.05, 4.69) is 22.0 Å². The standard InChI is InChI=1S/C25H37N3O3S/c1-3-20-12-21(24(30)31-4-2)23(32-20)26-22(29)16-27-5-7-28(8-6-27)25-13-17-9-18(14-25)11-19(10-17)15-25/h12,17-19H,3-11,13-16H2,1-2H3,(H,26,29). The molecule has 0 radical (unpaired) electrons. The molecule has 4 aliphatic carbocycles. The normalized spacial score (nSPS) is 32.2. The Morgan fingerprint density at radius 3 is 2.25 bits per heavy atom. The zero-order valence-corrected chi connectivity index (χ0v) is 20.3. The Kier molecular flexibility index (Phi) is 6.34. The maximum atomic E-state index is 12.8. The topological polar surface area (TPSA) is 61.9 Å². The molecule has 2 heterocycles. The fraction of sp³-hybridized carbons (Fsp3) is 0.760. The number of carbonyl (C=O) groups excluding carboxylic acids is 2. The van der Waals surface area contributed by atoms with Crippen molar-refractivity contribution in [1.82, 2.24) is 9.80 Å². The van der Waals surface area contributed by atoms with Gasteiger partial charge in [0.1, 0.15) is 5.00 Å². The number of thiophene rings is 1. The quantitative estimate of drug-likeness (QED) is 0.624. The lowest BCUT2D eigenvalue weighted by Gasteiger charge is -2.61. The monoisotopic (exact) mass is 459 g/mol. The zero-order valence-electron chi connectivity index (χ0n) is 19.5. The molecular weight excluding hydrogens is 422 g/mol. The fourth-order valence-electron chi connectivity index (χ4n) is 7.27. The molecule has 0 unspecified atom stereocenters. The van der Waals surface area contributed by atoms with Gasteiger partial charge in [0, 0.05) is 36.6 Å². The average molecular weight is 460 g/mol. The largest absolute Gasteiger partial charge is 0.462 e. The van der Waals surface area contributed by atoms with Crippen LogP contribution in [0, 0.1) is 17.8 Å². The van der Waals surface area contributed by atoms with Gasteiger partial charge in [0.05, 0.1) is 18.7 Å². The lowest BCUT2D eigenvalue weighted by molar-refractivity contribution is -0.120. The molecule has 4 saturated carbocycles. The summed E-state index contributed by atoms with van der Waals surface area (Å²) < 4.78 is 5.17. The predicted molar refractivity (Wildman–Crippen MR) is 127 cm³/mol. The number of rotatable bonds is 7. The summed E-state index contributed by atoms with van der Waals surface area (Å²) in [6.07, 6.45) is 9.51. The molecule has 32 heavy (non-hydrogen) atoms. The second kappa shape index (κ2) is 9.07. The van der Waals surface area contributed by atoms with Gasteiger partial charge in [0.15, 0.2) is 0 Å². The van der Waals surface area contributed by atoms with E-state index < -0.39 is 0 Å². The molecule has 1 aromatic rings. The molecule has 0 spiro atoms. The first kappa shape index (κ1) is 22.4. The number of esters is 1. The van der Waals surface area contributed by atoms with E-state index >= 15 is 0 Å². The van der Waals surface area contributed by atoms with Crippen LogP contribution in [0.25, 0.3) is 0 Å². The molecule has 4 bridgehead atoms. The number of carbonyl (C=O) groups is 2. The van der Waals surface area contributed by atoms with E-state index in [1.165, 1.54) is 49.9 Å². The van der Waals surface area contributed by atoms with Gasteiger partial charge in [-0.25, -0.2) is 4.79 Å². The number of aryl methyl sites for hydroxylation is 1. The van der Waals surface area contributed by atoms with Gasteiger partial charge in [0.2, 0.25) is 5.91 Å². The summed E-state index contributed by atoms with van der Waals surface area (Å²) in [4.78, 5) is 31.2. The number of piperazine rings is 1. The molecule has 6 rings (SSSR count). The first-order valence-electron chi connectivity index (χ1n) is 12.5. The summed E-state index contributed by atoms with van der Waals surface area (Å²) in [5.74, 6) is 2.51. The van der Waals surface area contributed by atoms with Crippen molar-refractivity contribution >= 4 is 28.2 Å². The van der Waals surface area contributed by atoms with Crippen LogP contribution in [0.4, 0.5) is 5.00 Å². The average Bonchev–Trinajstić information content (AvgIpc) is 3.16. The van der Waals surface area contributed by atoms with E-state index in [0.29, 0.717) is 29.3 Å². The third-order valence-electron chi connectivity index (χ3n) is 8.30. The van der Waals surface area contributed by atoms with Crippen LogP contribution in [0.15, 0.2) is 6.07 Å². The highest BCUT2D eigenvalue weighted by Crippen LogP contribution is 2.57. The van der Waals surface area contributed by atoms with Crippen LogP contribution >= 0.6 is 11.3 Å². The smallest absolute Gasteiger partial charge is 0.341 e. The van der Waals surface area contributed by atoms with Crippen LogP contribution in [0.1, 0.15) is 67.6 Å². The lowest BCUT2D eigenvalue weighted by atomic mass is 9.52. The van der Waals surface area contributed by atoms with Crippen molar-refractivity contribution in [2.24, 2.45) is 17.8 Å². The summed E-state index contributed by atoms with van der Waals surface area (Å²) in [7, 11) is 0. The van der Waals surface area contributed by atoms with Gasteiger partial charge in [0.25, 0.3) is 0 Å². The molecule has 1 saturated heterocycles. The summed E-state index contributed by atoms with van der Waals surface area (Å²) in [5.41, 5.74) is 0.944. The molecule has 176 valence electrons. The molecule has 0 atom stereocenters. The van der Waals surface area contributed by atoms with Crippen molar-refractivity contribution in [2.45, 2.75) is 64.3 Å². The third kappa shape index (κ3) is 4.36. The minimum Gasteiger partial charge on any atom is -0.462 e. The Bertz CT molecular complexity index is 823. The van der Waals surface area contributed by atoms with Gasteiger partial charge in [-0.1, -0.05) is 6.92 Å². The fourth-order valence-corrected chi connectivity index (χ4v) is 8.27. The van der Waals surface area contributed by atoms with Crippen LogP contribution in [0.2, 0.25) is 0 Å². The number of anilines is 1. The van der Waals surface area contributed by atoms with Crippen molar-refractivity contribution in [3.05, 3.63) is 16.5 Å². The summed E-state index contributed by atoms with van der Waals surface area (Å²) >= 11 is 1.48. The van der Waals surface area contributed by atoms with Gasteiger partial charge in [-0.2, -0.15) is 0 Å². The van der Waals surface area contributed by atoms with E-state index in [4.69, 9.17) is 4.74 Å².